The first kappa shape index (κ1) is 10.6. The SMILES string of the molecule is CC(C)(C)C=O.[H-].[Na+]. The first-order chi connectivity index (χ1) is 2.56. The predicted molar refractivity (Wildman–Crippen MR) is 26.6 cm³/mol. The molecule has 0 aromatic rings. The van der Waals surface area contributed by atoms with Crippen LogP contribution in [0.15, 0.2) is 0 Å². The molecule has 0 aliphatic carbocycles. The summed E-state index contributed by atoms with van der Waals surface area (Å²) >= 11 is 0. The van der Waals surface area contributed by atoms with Crippen LogP contribution in [0.5, 0.6) is 0 Å². The molecule has 0 saturated heterocycles. The Labute approximate surface area is 68.3 Å². The van der Waals surface area contributed by atoms with Gasteiger partial charge in [0.15, 0.2) is 0 Å². The van der Waals surface area contributed by atoms with Gasteiger partial charge in [0.1, 0.15) is 6.29 Å². The molecule has 0 amide bonds. The molecule has 0 bridgehead atoms. The second-order valence-electron chi connectivity index (χ2n) is 2.48. The minimum absolute atomic E-state index is 0. The summed E-state index contributed by atoms with van der Waals surface area (Å²) in [6.45, 7) is 5.62. The summed E-state index contributed by atoms with van der Waals surface area (Å²) in [7, 11) is 0. The fraction of sp³-hybridized carbons (Fsp3) is 0.800. The van der Waals surface area contributed by atoms with Crippen LogP contribution in [0.4, 0.5) is 0 Å². The van der Waals surface area contributed by atoms with Gasteiger partial charge in [-0.1, -0.05) is 20.8 Å². The molecule has 38 valence electrons. The molecule has 1 nitrogen and oxygen atoms in total. The average molecular weight is 110 g/mol. The third-order valence-electron chi connectivity index (χ3n) is 0.354. The van der Waals surface area contributed by atoms with E-state index < -0.39 is 0 Å². The third-order valence-corrected chi connectivity index (χ3v) is 0.354. The van der Waals surface area contributed by atoms with E-state index in [1.54, 1.807) is 0 Å². The maximum absolute atomic E-state index is 9.83. The van der Waals surface area contributed by atoms with Crippen LogP contribution < -0.4 is 29.6 Å². The van der Waals surface area contributed by atoms with E-state index in [1.807, 2.05) is 20.8 Å². The Balaban J connectivity index is -0.000000125. The van der Waals surface area contributed by atoms with Crippen molar-refractivity contribution in [2.45, 2.75) is 20.8 Å². The molecule has 0 radical (unpaired) electrons. The normalized spacial score (nSPS) is 9.57. The Morgan fingerprint density at radius 1 is 1.43 bits per heavy atom. The van der Waals surface area contributed by atoms with E-state index in [-0.39, 0.29) is 36.4 Å². The maximum atomic E-state index is 9.83. The van der Waals surface area contributed by atoms with E-state index in [9.17, 15) is 4.79 Å². The van der Waals surface area contributed by atoms with E-state index in [2.05, 4.69) is 0 Å². The number of aldehydes is 1. The molecule has 0 aliphatic rings. The van der Waals surface area contributed by atoms with Crippen molar-refractivity contribution in [3.63, 3.8) is 0 Å². The van der Waals surface area contributed by atoms with Gasteiger partial charge < -0.3 is 6.22 Å². The van der Waals surface area contributed by atoms with Crippen molar-refractivity contribution in [1.82, 2.24) is 0 Å². The van der Waals surface area contributed by atoms with Crippen LogP contribution in [0, 0.1) is 5.41 Å². The summed E-state index contributed by atoms with van der Waals surface area (Å²) in [5.41, 5.74) is -0.139. The molecule has 0 heterocycles. The Kier molecular flexibility index (Phi) is 5.53. The summed E-state index contributed by atoms with van der Waals surface area (Å²) in [5.74, 6) is 0. The molecule has 0 N–H and O–H groups in total. The van der Waals surface area contributed by atoms with Crippen molar-refractivity contribution in [1.29, 1.82) is 0 Å². The third kappa shape index (κ3) is 10.8. The molecule has 0 aliphatic heterocycles. The fourth-order valence-electron chi connectivity index (χ4n) is 0. The number of carbonyl (C=O) groups is 1. The summed E-state index contributed by atoms with van der Waals surface area (Å²) in [6.07, 6.45) is 0.938. The number of hydrogen-bond acceptors (Lipinski definition) is 1. The van der Waals surface area contributed by atoms with E-state index in [0.29, 0.717) is 0 Å². The fourth-order valence-corrected chi connectivity index (χ4v) is 0. The zero-order valence-corrected chi connectivity index (χ0v) is 7.49. The van der Waals surface area contributed by atoms with Gasteiger partial charge in [-0.2, -0.15) is 0 Å². The van der Waals surface area contributed by atoms with Gasteiger partial charge >= 0.3 is 29.6 Å². The zero-order chi connectivity index (χ0) is 5.21. The van der Waals surface area contributed by atoms with Crippen LogP contribution in [0.25, 0.3) is 0 Å². The Morgan fingerprint density at radius 2 is 1.57 bits per heavy atom. The summed E-state index contributed by atoms with van der Waals surface area (Å²) in [5, 5.41) is 0. The van der Waals surface area contributed by atoms with E-state index >= 15 is 0 Å². The van der Waals surface area contributed by atoms with Crippen molar-refractivity contribution in [3.05, 3.63) is 0 Å². The molecule has 0 spiro atoms. The second-order valence-corrected chi connectivity index (χ2v) is 2.48. The molecular weight excluding hydrogens is 99.0 g/mol. The molecule has 0 saturated carbocycles. The minimum atomic E-state index is -0.139. The zero-order valence-electron chi connectivity index (χ0n) is 6.49. The largest absolute Gasteiger partial charge is 1.00 e. The summed E-state index contributed by atoms with van der Waals surface area (Å²) in [4.78, 5) is 9.83. The first-order valence-corrected chi connectivity index (χ1v) is 2.02. The molecule has 0 aromatic carbocycles. The molecular formula is C5H11NaO. The molecule has 0 atom stereocenters. The molecule has 0 unspecified atom stereocenters. The quantitative estimate of drug-likeness (QED) is 0.270. The van der Waals surface area contributed by atoms with Crippen molar-refractivity contribution in [3.8, 4) is 0 Å². The maximum Gasteiger partial charge on any atom is 1.00 e. The average Bonchev–Trinajstić information content (AvgIpc) is 1.35. The van der Waals surface area contributed by atoms with Crippen LogP contribution in [0.1, 0.15) is 22.2 Å². The van der Waals surface area contributed by atoms with Crippen molar-refractivity contribution in [2.75, 3.05) is 0 Å². The molecule has 0 rings (SSSR count). The van der Waals surface area contributed by atoms with Gasteiger partial charge in [0, 0.05) is 5.41 Å². The van der Waals surface area contributed by atoms with E-state index in [0.717, 1.165) is 6.29 Å². The van der Waals surface area contributed by atoms with Crippen LogP contribution in [0.3, 0.4) is 0 Å². The van der Waals surface area contributed by atoms with Crippen LogP contribution in [-0.2, 0) is 4.79 Å². The van der Waals surface area contributed by atoms with Crippen molar-refractivity contribution in [2.24, 2.45) is 5.41 Å². The smallest absolute Gasteiger partial charge is 1.00 e. The summed E-state index contributed by atoms with van der Waals surface area (Å²) in [6, 6.07) is 0. The van der Waals surface area contributed by atoms with Crippen LogP contribution in [0.2, 0.25) is 0 Å². The molecule has 2 heteroatoms. The Bertz CT molecular complexity index is 57.9. The van der Waals surface area contributed by atoms with Gasteiger partial charge in [-0.25, -0.2) is 0 Å². The number of rotatable bonds is 0. The van der Waals surface area contributed by atoms with E-state index in [1.165, 1.54) is 0 Å². The Morgan fingerprint density at radius 3 is 1.57 bits per heavy atom. The van der Waals surface area contributed by atoms with Crippen LogP contribution >= 0.6 is 0 Å². The van der Waals surface area contributed by atoms with Crippen molar-refractivity contribution >= 4 is 6.29 Å². The standard InChI is InChI=1S/C5H10O.Na.H/c1-5(2,3)4-6;;/h4H,1-3H3;;/q;+1;-1. The van der Waals surface area contributed by atoms with Gasteiger partial charge in [-0.05, 0) is 0 Å². The van der Waals surface area contributed by atoms with Gasteiger partial charge in [-0.3, -0.25) is 0 Å². The minimum Gasteiger partial charge on any atom is -1.00 e. The first-order valence-electron chi connectivity index (χ1n) is 2.02. The molecule has 7 heavy (non-hydrogen) atoms. The topological polar surface area (TPSA) is 17.1 Å². The number of hydrogen-bond donors (Lipinski definition) is 0. The predicted octanol–water partition coefficient (Wildman–Crippen LogP) is -1.65. The van der Waals surface area contributed by atoms with Gasteiger partial charge in [-0.15, -0.1) is 0 Å². The van der Waals surface area contributed by atoms with Crippen molar-refractivity contribution < 1.29 is 35.8 Å². The molecule has 0 aromatic heterocycles. The summed E-state index contributed by atoms with van der Waals surface area (Å²) < 4.78 is 0. The monoisotopic (exact) mass is 110 g/mol. The van der Waals surface area contributed by atoms with Gasteiger partial charge in [0.25, 0.3) is 0 Å². The second kappa shape index (κ2) is 3.65. The van der Waals surface area contributed by atoms with Gasteiger partial charge in [0.2, 0.25) is 0 Å². The van der Waals surface area contributed by atoms with Crippen LogP contribution in [-0.4, -0.2) is 6.29 Å². The van der Waals surface area contributed by atoms with E-state index in [4.69, 9.17) is 0 Å². The Hall–Kier alpha value is 0.670. The number of carbonyl (C=O) groups excluding carboxylic acids is 1. The molecule has 0 fully saturated rings. The van der Waals surface area contributed by atoms with Gasteiger partial charge in [0.05, 0.1) is 0 Å².